The number of hydrogen-bond acceptors (Lipinski definition) is 2. The Labute approximate surface area is 102 Å². The minimum Gasteiger partial charge on any atom is -0.487 e. The van der Waals surface area contributed by atoms with Gasteiger partial charge in [-0.15, -0.1) is 0 Å². The minimum absolute atomic E-state index is 0.292. The lowest BCUT2D eigenvalue weighted by atomic mass is 9.82. The van der Waals surface area contributed by atoms with Gasteiger partial charge in [0.25, 0.3) is 0 Å². The Hall–Kier alpha value is -0.760. The van der Waals surface area contributed by atoms with Crippen LogP contribution in [0.2, 0.25) is 5.15 Å². The number of hydrogen-bond donors (Lipinski definition) is 0. The van der Waals surface area contributed by atoms with Crippen LogP contribution in [-0.4, -0.2) is 11.1 Å². The molecule has 0 radical (unpaired) electrons. The fraction of sp³-hybridized carbons (Fsp3) is 0.615. The van der Waals surface area contributed by atoms with E-state index >= 15 is 0 Å². The van der Waals surface area contributed by atoms with Crippen LogP contribution in [0.4, 0.5) is 0 Å². The van der Waals surface area contributed by atoms with Crippen LogP contribution < -0.4 is 4.74 Å². The first-order chi connectivity index (χ1) is 7.65. The van der Waals surface area contributed by atoms with E-state index in [0.29, 0.717) is 11.3 Å². The maximum atomic E-state index is 5.98. The van der Waals surface area contributed by atoms with Crippen LogP contribution in [0, 0.1) is 11.8 Å². The lowest BCUT2D eigenvalue weighted by Crippen LogP contribution is -2.28. The first-order valence-corrected chi connectivity index (χ1v) is 6.30. The van der Waals surface area contributed by atoms with E-state index < -0.39 is 0 Å². The number of pyridine rings is 1. The zero-order valence-corrected chi connectivity index (χ0v) is 10.6. The fourth-order valence-corrected chi connectivity index (χ4v) is 2.77. The van der Waals surface area contributed by atoms with Gasteiger partial charge in [0.05, 0.1) is 6.10 Å². The molecule has 1 aliphatic rings. The van der Waals surface area contributed by atoms with Gasteiger partial charge in [-0.05, 0) is 43.2 Å². The number of nitrogens with zero attached hydrogens (tertiary/aromatic N) is 1. The van der Waals surface area contributed by atoms with E-state index in [-0.39, 0.29) is 0 Å². The molecular weight excluding hydrogens is 222 g/mol. The summed E-state index contributed by atoms with van der Waals surface area (Å²) in [5.41, 5.74) is 0. The summed E-state index contributed by atoms with van der Waals surface area (Å²) in [5.74, 6) is 2.20. The third-order valence-corrected chi connectivity index (χ3v) is 3.44. The molecule has 88 valence electrons. The monoisotopic (exact) mass is 239 g/mol. The molecule has 0 saturated heterocycles. The molecule has 0 aliphatic heterocycles. The highest BCUT2D eigenvalue weighted by Gasteiger charge is 2.25. The summed E-state index contributed by atoms with van der Waals surface area (Å²) in [6.45, 7) is 4.58. The van der Waals surface area contributed by atoms with E-state index in [0.717, 1.165) is 30.4 Å². The second-order valence-electron chi connectivity index (χ2n) is 4.95. The zero-order chi connectivity index (χ0) is 11.5. The van der Waals surface area contributed by atoms with Gasteiger partial charge in [-0.1, -0.05) is 25.4 Å². The Morgan fingerprint density at radius 1 is 1.25 bits per heavy atom. The molecule has 2 nitrogen and oxygen atoms in total. The average Bonchev–Trinajstić information content (AvgIpc) is 2.20. The van der Waals surface area contributed by atoms with E-state index in [4.69, 9.17) is 16.3 Å². The highest BCUT2D eigenvalue weighted by atomic mass is 35.5. The number of halogens is 1. The van der Waals surface area contributed by atoms with Crippen LogP contribution in [0.1, 0.15) is 33.1 Å². The molecule has 1 aromatic heterocycles. The number of ether oxygens (including phenoxy) is 1. The van der Waals surface area contributed by atoms with E-state index in [2.05, 4.69) is 18.8 Å². The van der Waals surface area contributed by atoms with Crippen molar-refractivity contribution in [3.8, 4) is 5.75 Å². The summed E-state index contributed by atoms with van der Waals surface area (Å²) in [5, 5.41) is 0.466. The van der Waals surface area contributed by atoms with Crippen LogP contribution in [0.15, 0.2) is 18.3 Å². The highest BCUT2D eigenvalue weighted by molar-refractivity contribution is 6.30. The van der Waals surface area contributed by atoms with Gasteiger partial charge in [0.1, 0.15) is 0 Å². The van der Waals surface area contributed by atoms with Crippen LogP contribution in [-0.2, 0) is 0 Å². The van der Waals surface area contributed by atoms with Crippen molar-refractivity contribution in [1.29, 1.82) is 0 Å². The third-order valence-electron chi connectivity index (χ3n) is 3.15. The molecule has 0 N–H and O–H groups in total. The van der Waals surface area contributed by atoms with Crippen molar-refractivity contribution in [1.82, 2.24) is 4.98 Å². The molecule has 2 unspecified atom stereocenters. The SMILES string of the molecule is CC1CC(C)CC(Oc2cccnc2Cl)C1. The molecule has 16 heavy (non-hydrogen) atoms. The Morgan fingerprint density at radius 3 is 2.56 bits per heavy atom. The lowest BCUT2D eigenvalue weighted by molar-refractivity contribution is 0.101. The smallest absolute Gasteiger partial charge is 0.171 e. The van der Waals surface area contributed by atoms with Crippen molar-refractivity contribution in [3.05, 3.63) is 23.5 Å². The summed E-state index contributed by atoms with van der Waals surface area (Å²) in [6, 6.07) is 3.75. The van der Waals surface area contributed by atoms with E-state index in [1.54, 1.807) is 6.20 Å². The second kappa shape index (κ2) is 5.05. The maximum Gasteiger partial charge on any atom is 0.171 e. The van der Waals surface area contributed by atoms with Gasteiger partial charge < -0.3 is 4.74 Å². The molecule has 1 saturated carbocycles. The molecule has 0 amide bonds. The van der Waals surface area contributed by atoms with Crippen molar-refractivity contribution in [2.75, 3.05) is 0 Å². The Bertz CT molecular complexity index is 346. The summed E-state index contributed by atoms with van der Waals surface area (Å²) >= 11 is 5.98. The largest absolute Gasteiger partial charge is 0.487 e. The van der Waals surface area contributed by atoms with Crippen LogP contribution in [0.3, 0.4) is 0 Å². The predicted molar refractivity (Wildman–Crippen MR) is 65.8 cm³/mol. The molecule has 1 fully saturated rings. The molecule has 3 heteroatoms. The molecule has 2 atom stereocenters. The molecule has 1 heterocycles. The molecular formula is C13H18ClNO. The number of aromatic nitrogens is 1. The molecule has 0 bridgehead atoms. The quantitative estimate of drug-likeness (QED) is 0.730. The van der Waals surface area contributed by atoms with Gasteiger partial charge in [-0.25, -0.2) is 4.98 Å². The van der Waals surface area contributed by atoms with Crippen molar-refractivity contribution in [2.24, 2.45) is 11.8 Å². The van der Waals surface area contributed by atoms with Crippen molar-refractivity contribution < 1.29 is 4.74 Å². The first kappa shape index (κ1) is 11.7. The van der Waals surface area contributed by atoms with Gasteiger partial charge in [0, 0.05) is 6.20 Å². The van der Waals surface area contributed by atoms with E-state index in [9.17, 15) is 0 Å². The molecule has 1 aromatic rings. The minimum atomic E-state index is 0.292. The summed E-state index contributed by atoms with van der Waals surface area (Å²) in [7, 11) is 0. The predicted octanol–water partition coefficient (Wildman–Crippen LogP) is 3.94. The Kier molecular flexibility index (Phi) is 3.70. The van der Waals surface area contributed by atoms with Crippen molar-refractivity contribution in [2.45, 2.75) is 39.2 Å². The van der Waals surface area contributed by atoms with Crippen LogP contribution in [0.25, 0.3) is 0 Å². The molecule has 0 spiro atoms. The second-order valence-corrected chi connectivity index (χ2v) is 5.31. The topological polar surface area (TPSA) is 22.1 Å². The normalized spacial score (nSPS) is 30.1. The van der Waals surface area contributed by atoms with Gasteiger partial charge in [0.2, 0.25) is 0 Å². The molecule has 0 aromatic carbocycles. The molecule has 1 aliphatic carbocycles. The molecule has 2 rings (SSSR count). The standard InChI is InChI=1S/C13H18ClNO/c1-9-6-10(2)8-11(7-9)16-12-4-3-5-15-13(12)14/h3-5,9-11H,6-8H2,1-2H3. The van der Waals surface area contributed by atoms with Gasteiger partial charge >= 0.3 is 0 Å². The van der Waals surface area contributed by atoms with E-state index in [1.165, 1.54) is 6.42 Å². The maximum absolute atomic E-state index is 5.98. The fourth-order valence-electron chi connectivity index (χ4n) is 2.61. The van der Waals surface area contributed by atoms with Crippen molar-refractivity contribution >= 4 is 11.6 Å². The van der Waals surface area contributed by atoms with Crippen LogP contribution >= 0.6 is 11.6 Å². The lowest BCUT2D eigenvalue weighted by Gasteiger charge is -2.31. The van der Waals surface area contributed by atoms with Crippen molar-refractivity contribution in [3.63, 3.8) is 0 Å². The van der Waals surface area contributed by atoms with Gasteiger partial charge in [-0.3, -0.25) is 0 Å². The summed E-state index contributed by atoms with van der Waals surface area (Å²) in [6.07, 6.45) is 5.52. The van der Waals surface area contributed by atoms with E-state index in [1.807, 2.05) is 12.1 Å². The van der Waals surface area contributed by atoms with Crippen LogP contribution in [0.5, 0.6) is 5.75 Å². The summed E-state index contributed by atoms with van der Waals surface area (Å²) in [4.78, 5) is 4.02. The summed E-state index contributed by atoms with van der Waals surface area (Å²) < 4.78 is 5.93. The zero-order valence-electron chi connectivity index (χ0n) is 9.82. The third kappa shape index (κ3) is 2.88. The highest BCUT2D eigenvalue weighted by Crippen LogP contribution is 2.32. The average molecular weight is 240 g/mol. The Balaban J connectivity index is 2.02. The van der Waals surface area contributed by atoms with Gasteiger partial charge in [-0.2, -0.15) is 0 Å². The number of rotatable bonds is 2. The first-order valence-electron chi connectivity index (χ1n) is 5.92. The Morgan fingerprint density at radius 2 is 1.94 bits per heavy atom. The van der Waals surface area contributed by atoms with Gasteiger partial charge in [0.15, 0.2) is 10.9 Å².